The number of aryl methyl sites for hydroxylation is 3. The van der Waals surface area contributed by atoms with Gasteiger partial charge in [-0.2, -0.15) is 0 Å². The number of amides is 1. The number of likely N-dealkylation sites (tertiary alicyclic amines) is 1. The van der Waals surface area contributed by atoms with Crippen molar-refractivity contribution in [2.75, 3.05) is 26.2 Å². The molecule has 1 amide bonds. The fraction of sp³-hybridized carbons (Fsp3) is 0.400. The summed E-state index contributed by atoms with van der Waals surface area (Å²) in [6, 6.07) is 10.9. The van der Waals surface area contributed by atoms with Gasteiger partial charge in [0, 0.05) is 13.1 Å². The van der Waals surface area contributed by atoms with Crippen molar-refractivity contribution in [2.24, 2.45) is 0 Å². The summed E-state index contributed by atoms with van der Waals surface area (Å²) in [5.74, 6) is -0.238. The quantitative estimate of drug-likeness (QED) is 0.646. The van der Waals surface area contributed by atoms with Gasteiger partial charge in [0.05, 0.1) is 16.6 Å². The van der Waals surface area contributed by atoms with Crippen LogP contribution < -0.4 is 16.6 Å². The number of carbonyl (C=O) groups excluding carboxylic acids is 1. The molecular formula is C25H30N4O3. The third-order valence-corrected chi connectivity index (χ3v) is 6.30. The SMILES string of the molecule is Cc1ccc2c(c1)c(=O)n(-c1ccc(C)c(C)c1)c(=O)n2CC(=O)NCCN1CCCC1. The monoisotopic (exact) mass is 434 g/mol. The van der Waals surface area contributed by atoms with Gasteiger partial charge in [0.15, 0.2) is 0 Å². The van der Waals surface area contributed by atoms with Crippen LogP contribution in [0.4, 0.5) is 0 Å². The van der Waals surface area contributed by atoms with Crippen molar-refractivity contribution in [3.8, 4) is 5.69 Å². The minimum absolute atomic E-state index is 0.135. The molecule has 1 aromatic heterocycles. The Morgan fingerprint density at radius 2 is 1.72 bits per heavy atom. The number of benzene rings is 2. The predicted molar refractivity (Wildman–Crippen MR) is 127 cm³/mol. The lowest BCUT2D eigenvalue weighted by Gasteiger charge is -2.17. The van der Waals surface area contributed by atoms with Crippen molar-refractivity contribution in [3.63, 3.8) is 0 Å². The van der Waals surface area contributed by atoms with Crippen LogP contribution in [0.5, 0.6) is 0 Å². The maximum atomic E-state index is 13.4. The summed E-state index contributed by atoms with van der Waals surface area (Å²) in [6.07, 6.45) is 2.41. The van der Waals surface area contributed by atoms with Gasteiger partial charge in [-0.1, -0.05) is 17.7 Å². The molecule has 3 aromatic rings. The second kappa shape index (κ2) is 9.12. The molecule has 0 bridgehead atoms. The highest BCUT2D eigenvalue weighted by Crippen LogP contribution is 2.15. The van der Waals surface area contributed by atoms with E-state index in [0.29, 0.717) is 23.1 Å². The minimum Gasteiger partial charge on any atom is -0.353 e. The number of rotatable bonds is 6. The van der Waals surface area contributed by atoms with E-state index in [0.717, 1.165) is 36.3 Å². The van der Waals surface area contributed by atoms with Gasteiger partial charge < -0.3 is 10.2 Å². The number of nitrogens with zero attached hydrogens (tertiary/aromatic N) is 3. The first-order valence-electron chi connectivity index (χ1n) is 11.2. The molecule has 4 rings (SSSR count). The largest absolute Gasteiger partial charge is 0.353 e. The van der Waals surface area contributed by atoms with Crippen molar-refractivity contribution in [1.29, 1.82) is 0 Å². The van der Waals surface area contributed by atoms with Crippen molar-refractivity contribution < 1.29 is 4.79 Å². The van der Waals surface area contributed by atoms with Crippen LogP contribution in [0.15, 0.2) is 46.0 Å². The molecule has 0 unspecified atom stereocenters. The molecule has 1 N–H and O–H groups in total. The zero-order valence-electron chi connectivity index (χ0n) is 19.0. The summed E-state index contributed by atoms with van der Waals surface area (Å²) in [7, 11) is 0. The molecule has 2 heterocycles. The van der Waals surface area contributed by atoms with E-state index in [2.05, 4.69) is 10.2 Å². The smallest absolute Gasteiger partial charge is 0.336 e. The summed E-state index contributed by atoms with van der Waals surface area (Å²) in [5, 5.41) is 3.35. The highest BCUT2D eigenvalue weighted by atomic mass is 16.2. The van der Waals surface area contributed by atoms with Crippen LogP contribution in [0.3, 0.4) is 0 Å². The summed E-state index contributed by atoms with van der Waals surface area (Å²) in [4.78, 5) is 41.8. The van der Waals surface area contributed by atoms with Crippen molar-refractivity contribution in [2.45, 2.75) is 40.2 Å². The van der Waals surface area contributed by atoms with Gasteiger partial charge in [-0.25, -0.2) is 9.36 Å². The lowest BCUT2D eigenvalue weighted by atomic mass is 10.1. The third-order valence-electron chi connectivity index (χ3n) is 6.30. The molecule has 32 heavy (non-hydrogen) atoms. The Balaban J connectivity index is 1.72. The normalized spacial score (nSPS) is 14.2. The topological polar surface area (TPSA) is 76.3 Å². The summed E-state index contributed by atoms with van der Waals surface area (Å²) >= 11 is 0. The third kappa shape index (κ3) is 4.39. The molecule has 0 saturated carbocycles. The number of carbonyl (C=O) groups is 1. The Kier molecular flexibility index (Phi) is 6.28. The molecule has 7 nitrogen and oxygen atoms in total. The van der Waals surface area contributed by atoms with Crippen molar-refractivity contribution in [3.05, 3.63) is 73.9 Å². The summed E-state index contributed by atoms with van der Waals surface area (Å²) in [6.45, 7) is 9.19. The Morgan fingerprint density at radius 3 is 2.44 bits per heavy atom. The zero-order chi connectivity index (χ0) is 22.8. The van der Waals surface area contributed by atoms with Crippen LogP contribution in [0.2, 0.25) is 0 Å². The van der Waals surface area contributed by atoms with Gasteiger partial charge in [0.25, 0.3) is 5.56 Å². The number of hydrogen-bond donors (Lipinski definition) is 1. The minimum atomic E-state index is -0.510. The molecule has 7 heteroatoms. The first-order chi connectivity index (χ1) is 15.3. The van der Waals surface area contributed by atoms with Crippen LogP contribution in [-0.4, -0.2) is 46.1 Å². The molecule has 1 fully saturated rings. The number of aromatic nitrogens is 2. The van der Waals surface area contributed by atoms with E-state index >= 15 is 0 Å². The van der Waals surface area contributed by atoms with E-state index in [1.807, 2.05) is 39.0 Å². The fourth-order valence-electron chi connectivity index (χ4n) is 4.29. The lowest BCUT2D eigenvalue weighted by Crippen LogP contribution is -2.42. The molecule has 0 atom stereocenters. The maximum Gasteiger partial charge on any atom is 0.336 e. The number of fused-ring (bicyclic) bond motifs is 1. The average Bonchev–Trinajstić information content (AvgIpc) is 3.27. The van der Waals surface area contributed by atoms with E-state index in [1.54, 1.807) is 18.2 Å². The van der Waals surface area contributed by atoms with Crippen LogP contribution in [0.1, 0.15) is 29.5 Å². The Hall–Kier alpha value is -3.19. The van der Waals surface area contributed by atoms with E-state index in [-0.39, 0.29) is 18.0 Å². The second-order valence-corrected chi connectivity index (χ2v) is 8.70. The molecular weight excluding hydrogens is 404 g/mol. The highest BCUT2D eigenvalue weighted by Gasteiger charge is 2.17. The van der Waals surface area contributed by atoms with Crippen LogP contribution >= 0.6 is 0 Å². The lowest BCUT2D eigenvalue weighted by molar-refractivity contribution is -0.121. The first-order valence-corrected chi connectivity index (χ1v) is 11.2. The Bertz CT molecular complexity index is 1280. The summed E-state index contributed by atoms with van der Waals surface area (Å²) < 4.78 is 2.57. The Labute approximate surface area is 187 Å². The van der Waals surface area contributed by atoms with Crippen LogP contribution in [-0.2, 0) is 11.3 Å². The Morgan fingerprint density at radius 1 is 0.969 bits per heavy atom. The van der Waals surface area contributed by atoms with Gasteiger partial charge in [-0.15, -0.1) is 0 Å². The molecule has 1 aliphatic heterocycles. The molecule has 1 saturated heterocycles. The van der Waals surface area contributed by atoms with E-state index < -0.39 is 5.69 Å². The van der Waals surface area contributed by atoms with Gasteiger partial charge in [-0.3, -0.25) is 14.2 Å². The van der Waals surface area contributed by atoms with Gasteiger partial charge in [0.2, 0.25) is 5.91 Å². The molecule has 0 radical (unpaired) electrons. The van der Waals surface area contributed by atoms with Gasteiger partial charge >= 0.3 is 5.69 Å². The van der Waals surface area contributed by atoms with E-state index in [4.69, 9.17) is 0 Å². The predicted octanol–water partition coefficient (Wildman–Crippen LogP) is 2.29. The standard InChI is InChI=1S/C25H30N4O3/c1-17-6-9-22-21(14-17)24(31)29(20-8-7-18(2)19(3)15-20)25(32)28(22)16-23(30)26-10-13-27-11-4-5-12-27/h6-9,14-15H,4-5,10-13,16H2,1-3H3,(H,26,30). The van der Waals surface area contributed by atoms with Crippen LogP contribution in [0.25, 0.3) is 16.6 Å². The fourth-order valence-corrected chi connectivity index (χ4v) is 4.29. The van der Waals surface area contributed by atoms with Crippen LogP contribution in [0, 0.1) is 20.8 Å². The molecule has 168 valence electrons. The van der Waals surface area contributed by atoms with E-state index in [9.17, 15) is 14.4 Å². The molecule has 1 aliphatic rings. The molecule has 0 aliphatic carbocycles. The van der Waals surface area contributed by atoms with Crippen molar-refractivity contribution in [1.82, 2.24) is 19.4 Å². The van der Waals surface area contributed by atoms with Crippen molar-refractivity contribution >= 4 is 16.8 Å². The highest BCUT2D eigenvalue weighted by molar-refractivity contribution is 5.82. The first kappa shape index (κ1) is 22.0. The zero-order valence-corrected chi connectivity index (χ0v) is 19.0. The van der Waals surface area contributed by atoms with Gasteiger partial charge in [-0.05, 0) is 82.1 Å². The second-order valence-electron chi connectivity index (χ2n) is 8.70. The van der Waals surface area contributed by atoms with E-state index in [1.165, 1.54) is 22.0 Å². The van der Waals surface area contributed by atoms with Gasteiger partial charge in [0.1, 0.15) is 6.54 Å². The summed E-state index contributed by atoms with van der Waals surface area (Å²) in [5.41, 5.74) is 3.09. The number of nitrogens with one attached hydrogen (secondary N) is 1. The average molecular weight is 435 g/mol. The molecule has 2 aromatic carbocycles. The molecule has 0 spiro atoms. The number of hydrogen-bond acceptors (Lipinski definition) is 4. The maximum absolute atomic E-state index is 13.4.